The van der Waals surface area contributed by atoms with Gasteiger partial charge in [-0.2, -0.15) is 0 Å². The fraction of sp³-hybridized carbons (Fsp3) is 0.148. The molecule has 5 rings (SSSR count). The number of para-hydroxylation sites is 1. The third kappa shape index (κ3) is 3.84. The van der Waals surface area contributed by atoms with Gasteiger partial charge in [-0.25, -0.2) is 4.79 Å². The number of nitrogens with zero attached hydrogens (tertiary/aromatic N) is 1. The van der Waals surface area contributed by atoms with Crippen LogP contribution in [-0.4, -0.2) is 42.4 Å². The number of aromatic amines is 1. The molecule has 0 atom stereocenters. The molecule has 1 aliphatic rings. The lowest BCUT2D eigenvalue weighted by molar-refractivity contribution is 0.0697. The van der Waals surface area contributed by atoms with E-state index in [1.807, 2.05) is 54.7 Å². The molecule has 2 N–H and O–H groups in total. The fourth-order valence-corrected chi connectivity index (χ4v) is 4.14. The van der Waals surface area contributed by atoms with Crippen LogP contribution in [0.1, 0.15) is 21.5 Å². The smallest absolute Gasteiger partial charge is 0.336 e. The van der Waals surface area contributed by atoms with Crippen molar-refractivity contribution in [3.63, 3.8) is 0 Å². The summed E-state index contributed by atoms with van der Waals surface area (Å²) in [7, 11) is 0. The Hall–Kier alpha value is -4.01. The second-order valence-corrected chi connectivity index (χ2v) is 7.68. The van der Waals surface area contributed by atoms with Crippen LogP contribution in [0.2, 0.25) is 0 Å². The van der Waals surface area contributed by atoms with Gasteiger partial charge in [0.05, 0.1) is 24.5 Å². The molecule has 5 nitrogen and oxygen atoms in total. The average Bonchev–Trinajstić information content (AvgIpc) is 3.31. The van der Waals surface area contributed by atoms with Gasteiger partial charge < -0.3 is 19.7 Å². The van der Waals surface area contributed by atoms with Gasteiger partial charge >= 0.3 is 5.97 Å². The van der Waals surface area contributed by atoms with Crippen LogP contribution in [0.15, 0.2) is 72.9 Å². The third-order valence-electron chi connectivity index (χ3n) is 5.73. The number of hydrogen-bond donors (Lipinski definition) is 2. The standard InChI is InChI=1S/C27H22N2O3/c30-27(31)23-6-3-5-21(26(23)22-11-8-19-12-13-28-24(19)18-22)10-9-20-4-1-2-7-25(20)29-14-16-32-17-15-29/h1-8,11-13,18,28H,14-17H2,(H,30,31). The Morgan fingerprint density at radius 1 is 0.938 bits per heavy atom. The number of carbonyl (C=O) groups is 1. The summed E-state index contributed by atoms with van der Waals surface area (Å²) < 4.78 is 5.48. The first-order valence-electron chi connectivity index (χ1n) is 10.6. The van der Waals surface area contributed by atoms with Crippen LogP contribution in [0.3, 0.4) is 0 Å². The third-order valence-corrected chi connectivity index (χ3v) is 5.73. The van der Waals surface area contributed by atoms with Gasteiger partial charge in [-0.15, -0.1) is 0 Å². The highest BCUT2D eigenvalue weighted by Gasteiger charge is 2.16. The first kappa shape index (κ1) is 19.9. The van der Waals surface area contributed by atoms with Gasteiger partial charge in [0.15, 0.2) is 0 Å². The Balaban J connectivity index is 1.61. The first-order chi connectivity index (χ1) is 15.7. The quantitative estimate of drug-likeness (QED) is 0.467. The summed E-state index contributed by atoms with van der Waals surface area (Å²) in [6.45, 7) is 3.06. The fourth-order valence-electron chi connectivity index (χ4n) is 4.14. The predicted molar refractivity (Wildman–Crippen MR) is 126 cm³/mol. The molecule has 0 unspecified atom stereocenters. The van der Waals surface area contributed by atoms with Gasteiger partial charge in [0.2, 0.25) is 0 Å². The molecule has 1 aromatic heterocycles. The maximum absolute atomic E-state index is 12.0. The monoisotopic (exact) mass is 422 g/mol. The topological polar surface area (TPSA) is 65.6 Å². The summed E-state index contributed by atoms with van der Waals surface area (Å²) in [6.07, 6.45) is 1.88. The lowest BCUT2D eigenvalue weighted by Crippen LogP contribution is -2.36. The molecule has 158 valence electrons. The number of H-pyrrole nitrogens is 1. The Bertz CT molecular complexity index is 1350. The lowest BCUT2D eigenvalue weighted by atomic mass is 9.93. The second kappa shape index (κ2) is 8.62. The molecule has 4 aromatic rings. The molecule has 2 heterocycles. The number of anilines is 1. The highest BCUT2D eigenvalue weighted by molar-refractivity contribution is 5.99. The van der Waals surface area contributed by atoms with Crippen molar-refractivity contribution in [1.82, 2.24) is 4.98 Å². The van der Waals surface area contributed by atoms with E-state index in [1.165, 1.54) is 0 Å². The van der Waals surface area contributed by atoms with E-state index in [2.05, 4.69) is 27.8 Å². The molecule has 1 aliphatic heterocycles. The van der Waals surface area contributed by atoms with Gasteiger partial charge in [-0.05, 0) is 47.3 Å². The minimum absolute atomic E-state index is 0.240. The molecule has 0 spiro atoms. The van der Waals surface area contributed by atoms with Crippen molar-refractivity contribution < 1.29 is 14.6 Å². The van der Waals surface area contributed by atoms with Crippen LogP contribution in [-0.2, 0) is 4.74 Å². The number of nitrogens with one attached hydrogen (secondary N) is 1. The van der Waals surface area contributed by atoms with Crippen molar-refractivity contribution in [3.05, 3.63) is 89.6 Å². The number of benzene rings is 3. The van der Waals surface area contributed by atoms with Gasteiger partial charge in [0, 0.05) is 41.5 Å². The van der Waals surface area contributed by atoms with E-state index in [-0.39, 0.29) is 5.56 Å². The SMILES string of the molecule is O=C(O)c1cccc(C#Cc2ccccc2N2CCOCC2)c1-c1ccc2cc[nH]c2c1. The van der Waals surface area contributed by atoms with Crippen molar-refractivity contribution in [2.24, 2.45) is 0 Å². The van der Waals surface area contributed by atoms with Crippen molar-refractivity contribution >= 4 is 22.6 Å². The van der Waals surface area contributed by atoms with Crippen LogP contribution in [0.5, 0.6) is 0 Å². The summed E-state index contributed by atoms with van der Waals surface area (Å²) in [5.41, 5.74) is 5.33. The highest BCUT2D eigenvalue weighted by Crippen LogP contribution is 2.30. The van der Waals surface area contributed by atoms with E-state index in [0.717, 1.165) is 40.8 Å². The molecule has 0 radical (unpaired) electrons. The van der Waals surface area contributed by atoms with Crippen LogP contribution < -0.4 is 4.90 Å². The summed E-state index contributed by atoms with van der Waals surface area (Å²) in [5.74, 6) is 5.60. The molecule has 32 heavy (non-hydrogen) atoms. The Morgan fingerprint density at radius 2 is 1.72 bits per heavy atom. The van der Waals surface area contributed by atoms with Crippen LogP contribution in [0.25, 0.3) is 22.0 Å². The minimum atomic E-state index is -0.969. The van der Waals surface area contributed by atoms with E-state index in [9.17, 15) is 9.90 Å². The molecule has 0 aliphatic carbocycles. The van der Waals surface area contributed by atoms with Gasteiger partial charge in [0.25, 0.3) is 0 Å². The largest absolute Gasteiger partial charge is 0.478 e. The molecule has 0 amide bonds. The van der Waals surface area contributed by atoms with E-state index in [0.29, 0.717) is 24.3 Å². The first-order valence-corrected chi connectivity index (χ1v) is 10.6. The van der Waals surface area contributed by atoms with Crippen molar-refractivity contribution in [2.75, 3.05) is 31.2 Å². The highest BCUT2D eigenvalue weighted by atomic mass is 16.5. The predicted octanol–water partition coefficient (Wildman–Crippen LogP) is 4.77. The number of ether oxygens (including phenoxy) is 1. The number of carboxylic acid groups (broad SMARTS) is 1. The molecular weight excluding hydrogens is 400 g/mol. The molecule has 5 heteroatoms. The van der Waals surface area contributed by atoms with Crippen molar-refractivity contribution in [1.29, 1.82) is 0 Å². The molecule has 1 fully saturated rings. The van der Waals surface area contributed by atoms with Gasteiger partial charge in [-0.3, -0.25) is 0 Å². The molecule has 3 aromatic carbocycles. The Morgan fingerprint density at radius 3 is 2.56 bits per heavy atom. The summed E-state index contributed by atoms with van der Waals surface area (Å²) in [4.78, 5) is 17.5. The van der Waals surface area contributed by atoms with E-state index in [4.69, 9.17) is 4.74 Å². The minimum Gasteiger partial charge on any atom is -0.478 e. The summed E-state index contributed by atoms with van der Waals surface area (Å²) in [5, 5.41) is 10.9. The van der Waals surface area contributed by atoms with E-state index >= 15 is 0 Å². The van der Waals surface area contributed by atoms with E-state index in [1.54, 1.807) is 12.1 Å². The molecule has 0 bridgehead atoms. The summed E-state index contributed by atoms with van der Waals surface area (Å²) >= 11 is 0. The number of rotatable bonds is 3. The number of morpholine rings is 1. The van der Waals surface area contributed by atoms with Crippen LogP contribution in [0.4, 0.5) is 5.69 Å². The number of hydrogen-bond acceptors (Lipinski definition) is 3. The average molecular weight is 422 g/mol. The number of fused-ring (bicyclic) bond motifs is 1. The maximum atomic E-state index is 12.0. The zero-order valence-corrected chi connectivity index (χ0v) is 17.5. The number of aromatic nitrogens is 1. The van der Waals surface area contributed by atoms with Gasteiger partial charge in [0.1, 0.15) is 0 Å². The summed E-state index contributed by atoms with van der Waals surface area (Å²) in [6, 6.07) is 21.2. The number of aromatic carboxylic acids is 1. The lowest BCUT2D eigenvalue weighted by Gasteiger charge is -2.29. The van der Waals surface area contributed by atoms with Crippen molar-refractivity contribution in [3.8, 4) is 23.0 Å². The molecule has 0 saturated carbocycles. The molecular formula is C27H22N2O3. The number of carboxylic acids is 1. The van der Waals surface area contributed by atoms with Crippen LogP contribution >= 0.6 is 0 Å². The normalized spacial score (nSPS) is 13.6. The van der Waals surface area contributed by atoms with Crippen molar-refractivity contribution in [2.45, 2.75) is 0 Å². The zero-order chi connectivity index (χ0) is 21.9. The second-order valence-electron chi connectivity index (χ2n) is 7.68. The Labute approximate surface area is 186 Å². The maximum Gasteiger partial charge on any atom is 0.336 e. The molecule has 1 saturated heterocycles. The van der Waals surface area contributed by atoms with E-state index < -0.39 is 5.97 Å². The Kier molecular flexibility index (Phi) is 5.37. The zero-order valence-electron chi connectivity index (χ0n) is 17.5. The van der Waals surface area contributed by atoms with Gasteiger partial charge in [-0.1, -0.05) is 42.2 Å². The van der Waals surface area contributed by atoms with Crippen LogP contribution in [0, 0.1) is 11.8 Å².